The highest BCUT2D eigenvalue weighted by Crippen LogP contribution is 2.28. The number of anilines is 2. The number of hydrogen-bond donors (Lipinski definition) is 2. The van der Waals surface area contributed by atoms with Gasteiger partial charge in [0.2, 0.25) is 0 Å². The molecular formula is C10H10N4O4S2. The second-order valence-electron chi connectivity index (χ2n) is 3.63. The predicted molar refractivity (Wildman–Crippen MR) is 75.6 cm³/mol. The Balaban J connectivity index is 2.51. The Labute approximate surface area is 118 Å². The van der Waals surface area contributed by atoms with Gasteiger partial charge in [0.1, 0.15) is 0 Å². The van der Waals surface area contributed by atoms with Gasteiger partial charge in [-0.05, 0) is 12.1 Å². The van der Waals surface area contributed by atoms with Crippen LogP contribution in [0.15, 0.2) is 34.7 Å². The first-order chi connectivity index (χ1) is 9.44. The van der Waals surface area contributed by atoms with Crippen LogP contribution in [-0.4, -0.2) is 25.4 Å². The average Bonchev–Trinajstić information content (AvgIpc) is 2.90. The van der Waals surface area contributed by atoms with Gasteiger partial charge >= 0.3 is 0 Å². The van der Waals surface area contributed by atoms with E-state index in [1.807, 2.05) is 0 Å². The minimum absolute atomic E-state index is 0.147. The Morgan fingerprint density at radius 1 is 1.40 bits per heavy atom. The number of rotatable bonds is 5. The van der Waals surface area contributed by atoms with Crippen molar-refractivity contribution in [2.24, 2.45) is 0 Å². The zero-order valence-electron chi connectivity index (χ0n) is 10.2. The third-order valence-corrected chi connectivity index (χ3v) is 4.57. The number of nitro groups is 1. The lowest BCUT2D eigenvalue weighted by atomic mass is 10.3. The van der Waals surface area contributed by atoms with Gasteiger partial charge in [-0.15, -0.1) is 11.3 Å². The number of hydrogen-bond acceptors (Lipinski definition) is 7. The topological polar surface area (TPSA) is 114 Å². The molecule has 10 heteroatoms. The largest absolute Gasteiger partial charge is 0.388 e. The van der Waals surface area contributed by atoms with Gasteiger partial charge in [0.05, 0.1) is 4.92 Å². The van der Waals surface area contributed by atoms with E-state index >= 15 is 0 Å². The molecule has 2 aromatic rings. The van der Waals surface area contributed by atoms with Crippen molar-refractivity contribution in [2.75, 3.05) is 17.1 Å². The predicted octanol–water partition coefficient (Wildman–Crippen LogP) is 1.89. The van der Waals surface area contributed by atoms with E-state index < -0.39 is 25.5 Å². The molecule has 1 heterocycles. The average molecular weight is 314 g/mol. The van der Waals surface area contributed by atoms with E-state index in [9.17, 15) is 18.5 Å². The van der Waals surface area contributed by atoms with Crippen molar-refractivity contribution in [3.63, 3.8) is 0 Å². The fourth-order valence-electron chi connectivity index (χ4n) is 1.48. The maximum absolute atomic E-state index is 12.2. The summed E-state index contributed by atoms with van der Waals surface area (Å²) in [5.74, 6) is 0. The summed E-state index contributed by atoms with van der Waals surface area (Å²) < 4.78 is 26.6. The minimum atomic E-state index is -4.08. The van der Waals surface area contributed by atoms with Gasteiger partial charge in [0.15, 0.2) is 10.0 Å². The van der Waals surface area contributed by atoms with Gasteiger partial charge in [-0.3, -0.25) is 14.8 Å². The van der Waals surface area contributed by atoms with Gasteiger partial charge in [0, 0.05) is 30.4 Å². The highest BCUT2D eigenvalue weighted by atomic mass is 32.2. The summed E-state index contributed by atoms with van der Waals surface area (Å²) >= 11 is 1.08. The second kappa shape index (κ2) is 5.43. The smallest absolute Gasteiger partial charge is 0.290 e. The monoisotopic (exact) mass is 314 g/mol. The summed E-state index contributed by atoms with van der Waals surface area (Å²) in [6, 6.07) is 3.77. The first-order valence-corrected chi connectivity index (χ1v) is 7.69. The van der Waals surface area contributed by atoms with Crippen LogP contribution in [0.1, 0.15) is 0 Å². The van der Waals surface area contributed by atoms with E-state index in [1.54, 1.807) is 12.4 Å². The zero-order chi connectivity index (χ0) is 14.8. The molecule has 0 radical (unpaired) electrons. The van der Waals surface area contributed by atoms with Crippen molar-refractivity contribution in [1.82, 2.24) is 4.98 Å². The first-order valence-electron chi connectivity index (χ1n) is 5.32. The van der Waals surface area contributed by atoms with E-state index in [1.165, 1.54) is 18.3 Å². The SMILES string of the molecule is CNc1ccc([N+](=O)[O-])c(S(=O)(=O)Nc2nccs2)c1. The molecule has 0 saturated carbocycles. The standard InChI is InChI=1S/C10H10N4O4S2/c1-11-7-2-3-8(14(15)16)9(6-7)20(17,18)13-10-12-4-5-19-10/h2-6,11H,1H3,(H,12,13). The molecular weight excluding hydrogens is 304 g/mol. The first kappa shape index (κ1) is 14.2. The molecule has 0 aliphatic rings. The van der Waals surface area contributed by atoms with Crippen LogP contribution < -0.4 is 10.0 Å². The van der Waals surface area contributed by atoms with Crippen molar-refractivity contribution in [3.8, 4) is 0 Å². The summed E-state index contributed by atoms with van der Waals surface area (Å²) in [6.45, 7) is 0. The number of benzene rings is 1. The molecule has 0 spiro atoms. The Morgan fingerprint density at radius 2 is 2.15 bits per heavy atom. The molecule has 2 rings (SSSR count). The highest BCUT2D eigenvalue weighted by Gasteiger charge is 2.26. The van der Waals surface area contributed by atoms with E-state index in [0.29, 0.717) is 5.69 Å². The van der Waals surface area contributed by atoms with E-state index in [2.05, 4.69) is 15.0 Å². The van der Waals surface area contributed by atoms with Crippen molar-refractivity contribution >= 4 is 37.9 Å². The summed E-state index contributed by atoms with van der Waals surface area (Å²) in [5.41, 5.74) is -0.0387. The van der Waals surface area contributed by atoms with Gasteiger partial charge < -0.3 is 5.32 Å². The van der Waals surface area contributed by atoms with Crippen LogP contribution in [-0.2, 0) is 10.0 Å². The molecule has 8 nitrogen and oxygen atoms in total. The number of nitro benzene ring substituents is 1. The van der Waals surface area contributed by atoms with Crippen LogP contribution in [0.5, 0.6) is 0 Å². The summed E-state index contributed by atoms with van der Waals surface area (Å²) in [6.07, 6.45) is 1.43. The molecule has 106 valence electrons. The number of sulfonamides is 1. The highest BCUT2D eigenvalue weighted by molar-refractivity contribution is 7.93. The van der Waals surface area contributed by atoms with E-state index in [0.717, 1.165) is 17.4 Å². The molecule has 0 bridgehead atoms. The number of nitrogens with one attached hydrogen (secondary N) is 2. The van der Waals surface area contributed by atoms with Gasteiger partial charge in [-0.2, -0.15) is 0 Å². The maximum Gasteiger partial charge on any atom is 0.290 e. The molecule has 1 aromatic heterocycles. The molecule has 0 fully saturated rings. The molecule has 0 amide bonds. The van der Waals surface area contributed by atoms with Crippen LogP contribution in [0.3, 0.4) is 0 Å². The molecule has 20 heavy (non-hydrogen) atoms. The van der Waals surface area contributed by atoms with Crippen LogP contribution in [0, 0.1) is 10.1 Å². The molecule has 0 saturated heterocycles. The van der Waals surface area contributed by atoms with E-state index in [4.69, 9.17) is 0 Å². The molecule has 0 atom stereocenters. The molecule has 2 N–H and O–H groups in total. The molecule has 1 aromatic carbocycles. The van der Waals surface area contributed by atoms with Crippen LogP contribution in [0.25, 0.3) is 0 Å². The van der Waals surface area contributed by atoms with Crippen molar-refractivity contribution in [2.45, 2.75) is 4.90 Å². The van der Waals surface area contributed by atoms with Gasteiger partial charge in [0.25, 0.3) is 15.7 Å². The lowest BCUT2D eigenvalue weighted by Gasteiger charge is -2.08. The normalized spacial score (nSPS) is 11.1. The van der Waals surface area contributed by atoms with E-state index in [-0.39, 0.29) is 5.13 Å². The Kier molecular flexibility index (Phi) is 3.86. The Bertz CT molecular complexity index is 728. The van der Waals surface area contributed by atoms with Gasteiger partial charge in [-0.1, -0.05) is 0 Å². The minimum Gasteiger partial charge on any atom is -0.388 e. The molecule has 0 aliphatic carbocycles. The van der Waals surface area contributed by atoms with Crippen LogP contribution in [0.2, 0.25) is 0 Å². The zero-order valence-corrected chi connectivity index (χ0v) is 11.9. The fourth-order valence-corrected chi connectivity index (χ4v) is 3.47. The Hall–Kier alpha value is -2.20. The van der Waals surface area contributed by atoms with Crippen molar-refractivity contribution in [1.29, 1.82) is 0 Å². The second-order valence-corrected chi connectivity index (χ2v) is 6.18. The van der Waals surface area contributed by atoms with Crippen molar-refractivity contribution in [3.05, 3.63) is 39.9 Å². The van der Waals surface area contributed by atoms with Crippen LogP contribution >= 0.6 is 11.3 Å². The third kappa shape index (κ3) is 2.86. The summed E-state index contributed by atoms with van der Waals surface area (Å²) in [4.78, 5) is 13.6. The van der Waals surface area contributed by atoms with Crippen LogP contribution in [0.4, 0.5) is 16.5 Å². The quantitative estimate of drug-likeness (QED) is 0.643. The number of nitrogens with zero attached hydrogens (tertiary/aromatic N) is 2. The number of aromatic nitrogens is 1. The Morgan fingerprint density at radius 3 is 2.70 bits per heavy atom. The van der Waals surface area contributed by atoms with Gasteiger partial charge in [-0.25, -0.2) is 13.4 Å². The van der Waals surface area contributed by atoms with Crippen molar-refractivity contribution < 1.29 is 13.3 Å². The summed E-state index contributed by atoms with van der Waals surface area (Å²) in [5, 5.41) is 15.4. The summed E-state index contributed by atoms with van der Waals surface area (Å²) in [7, 11) is -2.49. The lowest BCUT2D eigenvalue weighted by Crippen LogP contribution is -2.15. The molecule has 0 unspecified atom stereocenters. The number of thiazole rings is 1. The molecule has 0 aliphatic heterocycles. The maximum atomic E-state index is 12.2. The lowest BCUT2D eigenvalue weighted by molar-refractivity contribution is -0.387. The fraction of sp³-hybridized carbons (Fsp3) is 0.100. The third-order valence-electron chi connectivity index (χ3n) is 2.39.